The lowest BCUT2D eigenvalue weighted by molar-refractivity contribution is 0.587. The number of aromatic nitrogens is 1. The molecule has 1 aromatic heterocycles. The van der Waals surface area contributed by atoms with Gasteiger partial charge in [0.25, 0.3) is 0 Å². The lowest BCUT2D eigenvalue weighted by Crippen LogP contribution is -2.11. The van der Waals surface area contributed by atoms with E-state index in [0.717, 1.165) is 11.0 Å². The van der Waals surface area contributed by atoms with Gasteiger partial charge < -0.3 is 4.57 Å². The van der Waals surface area contributed by atoms with Gasteiger partial charge in [-0.25, -0.2) is 0 Å². The fourth-order valence-corrected chi connectivity index (χ4v) is 2.31. The van der Waals surface area contributed by atoms with Crippen molar-refractivity contribution in [1.29, 1.82) is 0 Å². The lowest BCUT2D eigenvalue weighted by atomic mass is 10.3. The zero-order chi connectivity index (χ0) is 8.48. The maximum Gasteiger partial charge on any atom is 0.127 e. The van der Waals surface area contributed by atoms with E-state index in [2.05, 4.69) is 4.98 Å². The first-order valence-electron chi connectivity index (χ1n) is 3.49. The molecule has 11 heavy (non-hydrogen) atoms. The Morgan fingerprint density at radius 2 is 2.09 bits per heavy atom. The van der Waals surface area contributed by atoms with Crippen molar-refractivity contribution in [2.45, 2.75) is 6.92 Å². The first-order valence-corrected chi connectivity index (χ1v) is 6.09. The topological polar surface area (TPSA) is 30.0 Å². The van der Waals surface area contributed by atoms with Crippen LogP contribution in [-0.2, 0) is 4.57 Å². The van der Waals surface area contributed by atoms with Gasteiger partial charge in [0.05, 0.1) is 0 Å². The summed E-state index contributed by atoms with van der Waals surface area (Å²) in [6.45, 7) is 5.41. The van der Waals surface area contributed by atoms with Gasteiger partial charge in [0, 0.05) is 6.20 Å². The maximum absolute atomic E-state index is 11.6. The molecule has 1 rings (SSSR count). The first kappa shape index (κ1) is 8.48. The van der Waals surface area contributed by atoms with Crippen LogP contribution < -0.4 is 5.44 Å². The summed E-state index contributed by atoms with van der Waals surface area (Å²) in [6, 6.07) is 3.79. The summed E-state index contributed by atoms with van der Waals surface area (Å²) in [5.41, 5.74) is 1.76. The second-order valence-corrected chi connectivity index (χ2v) is 6.12. The molecule has 0 aliphatic carbocycles. The van der Waals surface area contributed by atoms with Gasteiger partial charge in [-0.15, -0.1) is 0 Å². The zero-order valence-corrected chi connectivity index (χ0v) is 7.93. The van der Waals surface area contributed by atoms with Crippen LogP contribution >= 0.6 is 7.14 Å². The normalized spacial score (nSPS) is 11.5. The molecular weight excluding hydrogens is 157 g/mol. The van der Waals surface area contributed by atoms with Crippen LogP contribution in [0.2, 0.25) is 0 Å². The van der Waals surface area contributed by atoms with Crippen molar-refractivity contribution in [3.63, 3.8) is 0 Å². The molecule has 0 aromatic carbocycles. The van der Waals surface area contributed by atoms with Gasteiger partial charge in [-0.1, -0.05) is 6.07 Å². The second-order valence-electron chi connectivity index (χ2n) is 2.99. The number of nitrogens with zero attached hydrogens (tertiary/aromatic N) is 1. The van der Waals surface area contributed by atoms with Crippen LogP contribution in [0, 0.1) is 6.92 Å². The largest absolute Gasteiger partial charge is 0.318 e. The average Bonchev–Trinajstić information content (AvgIpc) is 1.86. The average molecular weight is 169 g/mol. The van der Waals surface area contributed by atoms with E-state index in [1.807, 2.05) is 19.1 Å². The van der Waals surface area contributed by atoms with E-state index < -0.39 is 7.14 Å². The van der Waals surface area contributed by atoms with Gasteiger partial charge in [-0.2, -0.15) is 0 Å². The smallest absolute Gasteiger partial charge is 0.127 e. The summed E-state index contributed by atoms with van der Waals surface area (Å²) in [6.07, 6.45) is 1.68. The van der Waals surface area contributed by atoms with E-state index in [9.17, 15) is 4.57 Å². The Labute approximate surface area is 67.0 Å². The van der Waals surface area contributed by atoms with Crippen molar-refractivity contribution in [3.05, 3.63) is 23.9 Å². The number of hydrogen-bond donors (Lipinski definition) is 0. The summed E-state index contributed by atoms with van der Waals surface area (Å²) < 4.78 is 11.6. The molecule has 0 fully saturated rings. The SMILES string of the molecule is Cc1cccnc1P(C)(C)=O. The third-order valence-corrected chi connectivity index (χ3v) is 2.98. The molecule has 60 valence electrons. The maximum atomic E-state index is 11.6. The van der Waals surface area contributed by atoms with Gasteiger partial charge in [-0.3, -0.25) is 4.98 Å². The summed E-state index contributed by atoms with van der Waals surface area (Å²) in [7, 11) is -2.17. The van der Waals surface area contributed by atoms with E-state index in [0.29, 0.717) is 0 Å². The molecule has 0 N–H and O–H groups in total. The Morgan fingerprint density at radius 1 is 1.45 bits per heavy atom. The van der Waals surface area contributed by atoms with Crippen molar-refractivity contribution >= 4 is 12.6 Å². The molecule has 3 heteroatoms. The molecule has 2 nitrogen and oxygen atoms in total. The van der Waals surface area contributed by atoms with Crippen LogP contribution in [-0.4, -0.2) is 18.3 Å². The van der Waals surface area contributed by atoms with Crippen molar-refractivity contribution in [1.82, 2.24) is 4.98 Å². The molecule has 0 atom stereocenters. The van der Waals surface area contributed by atoms with Gasteiger partial charge in [-0.05, 0) is 31.9 Å². The van der Waals surface area contributed by atoms with E-state index in [1.165, 1.54) is 0 Å². The van der Waals surface area contributed by atoms with Crippen LogP contribution in [0.15, 0.2) is 18.3 Å². The summed E-state index contributed by atoms with van der Waals surface area (Å²) in [5.74, 6) is 0. The van der Waals surface area contributed by atoms with Crippen LogP contribution in [0.3, 0.4) is 0 Å². The van der Waals surface area contributed by atoms with E-state index in [4.69, 9.17) is 0 Å². The van der Waals surface area contributed by atoms with Crippen molar-refractivity contribution in [3.8, 4) is 0 Å². The van der Waals surface area contributed by atoms with Crippen LogP contribution in [0.25, 0.3) is 0 Å². The van der Waals surface area contributed by atoms with Crippen molar-refractivity contribution in [2.75, 3.05) is 13.3 Å². The fourth-order valence-electron chi connectivity index (χ4n) is 1.04. The predicted molar refractivity (Wildman–Crippen MR) is 48.1 cm³/mol. The van der Waals surface area contributed by atoms with E-state index >= 15 is 0 Å². The number of pyridine rings is 1. The third kappa shape index (κ3) is 1.90. The summed E-state index contributed by atoms with van der Waals surface area (Å²) in [4.78, 5) is 4.09. The molecular formula is C8H12NOP. The Bertz CT molecular complexity index is 303. The summed E-state index contributed by atoms with van der Waals surface area (Å²) in [5, 5.41) is 0. The van der Waals surface area contributed by atoms with Crippen LogP contribution in [0.4, 0.5) is 0 Å². The van der Waals surface area contributed by atoms with Gasteiger partial charge >= 0.3 is 0 Å². The number of hydrogen-bond acceptors (Lipinski definition) is 2. The quantitative estimate of drug-likeness (QED) is 0.598. The fraction of sp³-hybridized carbons (Fsp3) is 0.375. The molecule has 0 spiro atoms. The molecule has 1 heterocycles. The highest BCUT2D eigenvalue weighted by Crippen LogP contribution is 2.34. The number of aryl methyl sites for hydroxylation is 1. The molecule has 0 saturated carbocycles. The lowest BCUT2D eigenvalue weighted by Gasteiger charge is -2.07. The Kier molecular flexibility index (Phi) is 2.15. The van der Waals surface area contributed by atoms with Gasteiger partial charge in [0.15, 0.2) is 0 Å². The summed E-state index contributed by atoms with van der Waals surface area (Å²) >= 11 is 0. The van der Waals surface area contributed by atoms with E-state index in [-0.39, 0.29) is 0 Å². The highest BCUT2D eigenvalue weighted by atomic mass is 31.2. The monoisotopic (exact) mass is 169 g/mol. The molecule has 0 aliphatic rings. The van der Waals surface area contributed by atoms with E-state index in [1.54, 1.807) is 19.5 Å². The van der Waals surface area contributed by atoms with Crippen molar-refractivity contribution in [2.24, 2.45) is 0 Å². The Hall–Kier alpha value is -0.620. The Balaban J connectivity index is 3.25. The van der Waals surface area contributed by atoms with Gasteiger partial charge in [0.1, 0.15) is 12.6 Å². The minimum absolute atomic E-state index is 0.750. The van der Waals surface area contributed by atoms with Crippen LogP contribution in [0.1, 0.15) is 5.56 Å². The second kappa shape index (κ2) is 2.78. The number of rotatable bonds is 1. The van der Waals surface area contributed by atoms with Crippen molar-refractivity contribution < 1.29 is 4.57 Å². The molecule has 0 unspecified atom stereocenters. The first-order chi connectivity index (χ1) is 5.02. The highest BCUT2D eigenvalue weighted by molar-refractivity contribution is 7.70. The highest BCUT2D eigenvalue weighted by Gasteiger charge is 2.14. The van der Waals surface area contributed by atoms with Crippen LogP contribution in [0.5, 0.6) is 0 Å². The molecule has 1 aromatic rings. The molecule has 0 saturated heterocycles. The molecule has 0 bridgehead atoms. The zero-order valence-electron chi connectivity index (χ0n) is 7.03. The standard InChI is InChI=1S/C8H12NOP/c1-7-5-4-6-9-8(7)11(2,3)10/h4-6H,1-3H3. The third-order valence-electron chi connectivity index (χ3n) is 1.49. The molecule has 0 amide bonds. The molecule has 0 aliphatic heterocycles. The predicted octanol–water partition coefficient (Wildman–Crippen LogP) is 1.64. The Morgan fingerprint density at radius 3 is 2.45 bits per heavy atom. The molecule has 0 radical (unpaired) electrons. The minimum atomic E-state index is -2.17. The van der Waals surface area contributed by atoms with Gasteiger partial charge in [0.2, 0.25) is 0 Å². The minimum Gasteiger partial charge on any atom is -0.318 e.